The Morgan fingerprint density at radius 1 is 0.686 bits per heavy atom. The quantitative estimate of drug-likeness (QED) is 0.390. The van der Waals surface area contributed by atoms with Gasteiger partial charge in [-0.3, -0.25) is 14.4 Å². The molecule has 2 aliphatic heterocycles. The number of halogens is 1. The fourth-order valence-corrected chi connectivity index (χ4v) is 5.26. The van der Waals surface area contributed by atoms with E-state index in [-0.39, 0.29) is 0 Å². The van der Waals surface area contributed by atoms with Gasteiger partial charge in [0.05, 0.1) is 11.4 Å². The van der Waals surface area contributed by atoms with E-state index in [9.17, 15) is 14.0 Å². The fraction of sp³-hybridized carbons (Fsp3) is 0.103. The molecule has 0 unspecified atom stereocenters. The molecular weight excluding hydrogens is 443 g/mol. The van der Waals surface area contributed by atoms with E-state index in [0.717, 1.165) is 16.2 Å². The van der Waals surface area contributed by atoms with Gasteiger partial charge in [0.2, 0.25) is 5.91 Å². The molecule has 2 amide bonds. The number of hydrogen-bond acceptors (Lipinski definition) is 4. The number of imide groups is 1. The van der Waals surface area contributed by atoms with E-state index in [2.05, 4.69) is 0 Å². The summed E-state index contributed by atoms with van der Waals surface area (Å²) in [5.74, 6) is -1.33. The molecule has 0 aromatic heterocycles. The number of anilines is 2. The summed E-state index contributed by atoms with van der Waals surface area (Å²) in [6, 6.07) is 33.1. The third-order valence-corrected chi connectivity index (χ3v) is 6.76. The highest BCUT2D eigenvalue weighted by molar-refractivity contribution is 6.28. The number of rotatable bonds is 4. The van der Waals surface area contributed by atoms with E-state index in [1.165, 1.54) is 24.3 Å². The molecule has 2 fully saturated rings. The predicted octanol–water partition coefficient (Wildman–Crippen LogP) is 5.20. The smallest absolute Gasteiger partial charge is 0.267 e. The summed E-state index contributed by atoms with van der Waals surface area (Å²) in [6.07, 6.45) is -1.10. The van der Waals surface area contributed by atoms with Gasteiger partial charge in [-0.25, -0.2) is 14.4 Å². The van der Waals surface area contributed by atoms with Gasteiger partial charge >= 0.3 is 0 Å². The van der Waals surface area contributed by atoms with Crippen LogP contribution < -0.4 is 9.96 Å². The lowest BCUT2D eigenvalue weighted by Gasteiger charge is -2.35. The van der Waals surface area contributed by atoms with Crippen molar-refractivity contribution in [1.29, 1.82) is 0 Å². The van der Waals surface area contributed by atoms with E-state index in [1.54, 1.807) is 5.06 Å². The molecule has 4 aromatic carbocycles. The Bertz CT molecular complexity index is 1380. The lowest BCUT2D eigenvalue weighted by Crippen LogP contribution is -2.46. The van der Waals surface area contributed by atoms with Gasteiger partial charge in [-0.1, -0.05) is 78.9 Å². The number of carbonyl (C=O) groups excluding carboxylic acids is 2. The van der Waals surface area contributed by atoms with E-state index >= 15 is 0 Å². The van der Waals surface area contributed by atoms with Crippen LogP contribution in [0.4, 0.5) is 15.8 Å². The first kappa shape index (κ1) is 21.3. The van der Waals surface area contributed by atoms with E-state index in [4.69, 9.17) is 4.84 Å². The highest BCUT2D eigenvalue weighted by Crippen LogP contribution is 2.57. The number of para-hydroxylation sites is 1. The monoisotopic (exact) mass is 464 g/mol. The summed E-state index contributed by atoms with van der Waals surface area (Å²) in [5.41, 5.74) is 1.21. The summed E-state index contributed by atoms with van der Waals surface area (Å²) in [4.78, 5) is 35.9. The minimum absolute atomic E-state index is 0.313. The van der Waals surface area contributed by atoms with Crippen LogP contribution in [-0.4, -0.2) is 17.9 Å². The molecule has 2 heterocycles. The van der Waals surface area contributed by atoms with Crippen molar-refractivity contribution < 1.29 is 18.8 Å². The Hall–Kier alpha value is -4.29. The lowest BCUT2D eigenvalue weighted by molar-refractivity contribution is -0.126. The Balaban J connectivity index is 1.61. The van der Waals surface area contributed by atoms with E-state index in [1.807, 2.05) is 91.0 Å². The molecule has 0 spiro atoms. The molecule has 172 valence electrons. The summed E-state index contributed by atoms with van der Waals surface area (Å²) >= 11 is 0. The predicted molar refractivity (Wildman–Crippen MR) is 130 cm³/mol. The maximum Gasteiger partial charge on any atom is 0.267 e. The first-order valence-electron chi connectivity index (χ1n) is 11.4. The SMILES string of the molecule is O=C1[C@H]2ON(c3ccccc3)[C@@H](c3ccccc3)[C@]2(c2ccccc2)C(=O)N1c1ccc(F)cc1. The summed E-state index contributed by atoms with van der Waals surface area (Å²) in [5, 5.41) is 1.69. The average Bonchev–Trinajstić information content (AvgIpc) is 3.38. The van der Waals surface area contributed by atoms with Crippen molar-refractivity contribution in [3.63, 3.8) is 0 Å². The van der Waals surface area contributed by atoms with Crippen LogP contribution in [0.1, 0.15) is 17.2 Å². The average molecular weight is 464 g/mol. The van der Waals surface area contributed by atoms with Gasteiger partial charge in [-0.15, -0.1) is 0 Å². The molecule has 2 saturated heterocycles. The number of hydroxylamine groups is 1. The van der Waals surface area contributed by atoms with Crippen LogP contribution in [0.3, 0.4) is 0 Å². The van der Waals surface area contributed by atoms with Crippen LogP contribution >= 0.6 is 0 Å². The minimum atomic E-state index is -1.36. The molecular formula is C29H21FN2O3. The van der Waals surface area contributed by atoms with Crippen molar-refractivity contribution in [3.8, 4) is 0 Å². The second-order valence-electron chi connectivity index (χ2n) is 8.65. The van der Waals surface area contributed by atoms with Crippen LogP contribution in [0, 0.1) is 5.82 Å². The van der Waals surface area contributed by atoms with Crippen LogP contribution in [0.25, 0.3) is 0 Å². The number of carbonyl (C=O) groups is 2. The van der Waals surface area contributed by atoms with Crippen LogP contribution in [0.2, 0.25) is 0 Å². The van der Waals surface area contributed by atoms with Crippen molar-refractivity contribution in [2.75, 3.05) is 9.96 Å². The van der Waals surface area contributed by atoms with Crippen molar-refractivity contribution in [2.24, 2.45) is 0 Å². The Morgan fingerprint density at radius 3 is 1.89 bits per heavy atom. The molecule has 0 bridgehead atoms. The van der Waals surface area contributed by atoms with Gasteiger partial charge in [-0.2, -0.15) is 0 Å². The topological polar surface area (TPSA) is 49.9 Å². The molecule has 0 aliphatic carbocycles. The molecule has 0 saturated carbocycles. The third kappa shape index (κ3) is 3.11. The molecule has 3 atom stereocenters. The first-order chi connectivity index (χ1) is 17.1. The molecule has 4 aromatic rings. The van der Waals surface area contributed by atoms with Gasteiger partial charge in [0, 0.05) is 0 Å². The van der Waals surface area contributed by atoms with Gasteiger partial charge in [-0.05, 0) is 47.5 Å². The zero-order chi connectivity index (χ0) is 24.0. The first-order valence-corrected chi connectivity index (χ1v) is 11.4. The number of benzene rings is 4. The molecule has 0 N–H and O–H groups in total. The number of fused-ring (bicyclic) bond motifs is 1. The molecule has 0 radical (unpaired) electrons. The van der Waals surface area contributed by atoms with Gasteiger partial charge < -0.3 is 0 Å². The second-order valence-corrected chi connectivity index (χ2v) is 8.65. The van der Waals surface area contributed by atoms with Crippen molar-refractivity contribution in [1.82, 2.24) is 0 Å². The van der Waals surface area contributed by atoms with Crippen LogP contribution in [0.5, 0.6) is 0 Å². The highest BCUT2D eigenvalue weighted by Gasteiger charge is 2.72. The van der Waals surface area contributed by atoms with Crippen LogP contribution in [-0.2, 0) is 19.8 Å². The molecule has 2 aliphatic rings. The third-order valence-electron chi connectivity index (χ3n) is 6.76. The minimum Gasteiger partial charge on any atom is -0.273 e. The molecule has 35 heavy (non-hydrogen) atoms. The second kappa shape index (κ2) is 8.18. The van der Waals surface area contributed by atoms with Crippen molar-refractivity contribution >= 4 is 23.2 Å². The summed E-state index contributed by atoms with van der Waals surface area (Å²) in [6.45, 7) is 0. The number of hydrogen-bond donors (Lipinski definition) is 0. The van der Waals surface area contributed by atoms with E-state index < -0.39 is 35.2 Å². The van der Waals surface area contributed by atoms with Gasteiger partial charge in [0.25, 0.3) is 5.91 Å². The Labute approximate surface area is 201 Å². The van der Waals surface area contributed by atoms with Gasteiger partial charge in [0.15, 0.2) is 6.10 Å². The van der Waals surface area contributed by atoms with Crippen molar-refractivity contribution in [2.45, 2.75) is 17.6 Å². The highest BCUT2D eigenvalue weighted by atomic mass is 19.1. The Morgan fingerprint density at radius 2 is 1.26 bits per heavy atom. The van der Waals surface area contributed by atoms with Crippen molar-refractivity contribution in [3.05, 3.63) is 132 Å². The van der Waals surface area contributed by atoms with Crippen LogP contribution in [0.15, 0.2) is 115 Å². The summed E-state index contributed by atoms with van der Waals surface area (Å²) in [7, 11) is 0. The standard InChI is InChI=1S/C29H21FN2O3/c30-22-16-18-23(19-17-22)31-27(33)26-29(28(31)34,21-12-6-2-7-13-21)25(20-10-4-1-5-11-20)32(35-26)24-14-8-3-9-15-24/h1-19,25-26H/t25-,26+,29-/m0/s1. The fourth-order valence-electron chi connectivity index (χ4n) is 5.26. The molecule has 6 heteroatoms. The molecule has 5 nitrogen and oxygen atoms in total. The molecule has 6 rings (SSSR count). The Kier molecular flexibility index (Phi) is 4.97. The maximum atomic E-state index is 14.5. The normalized spacial score (nSPS) is 23.6. The summed E-state index contributed by atoms with van der Waals surface area (Å²) < 4.78 is 13.6. The van der Waals surface area contributed by atoms with Gasteiger partial charge in [0.1, 0.15) is 17.3 Å². The zero-order valence-corrected chi connectivity index (χ0v) is 18.6. The van der Waals surface area contributed by atoms with E-state index in [0.29, 0.717) is 11.3 Å². The number of amides is 2. The maximum absolute atomic E-state index is 14.5. The number of nitrogens with zero attached hydrogens (tertiary/aromatic N) is 2. The largest absolute Gasteiger partial charge is 0.273 e. The lowest BCUT2D eigenvalue weighted by atomic mass is 9.69. The zero-order valence-electron chi connectivity index (χ0n) is 18.6.